The van der Waals surface area contributed by atoms with Crippen molar-refractivity contribution in [2.24, 2.45) is 0 Å². The smallest absolute Gasteiger partial charge is 0.365 e. The Morgan fingerprint density at radius 3 is 2.33 bits per heavy atom. The van der Waals surface area contributed by atoms with E-state index in [0.29, 0.717) is 12.6 Å². The number of aromatic nitrogens is 5. The summed E-state index contributed by atoms with van der Waals surface area (Å²) in [5.41, 5.74) is -4.08. The zero-order chi connectivity index (χ0) is 21.5. The largest absolute Gasteiger partial charge is 0.418 e. The summed E-state index contributed by atoms with van der Waals surface area (Å²) in [7, 11) is 0. The number of halogens is 6. The highest BCUT2D eigenvalue weighted by molar-refractivity contribution is 5.93. The summed E-state index contributed by atoms with van der Waals surface area (Å²) in [5.74, 6) is -0.0666. The standard InChI is InChI=1S/C17H15F6N7/c18-16(19,20)10-4-3-9(14-15(10)29-30-28-14)13-11(17(21,22)23)6-12(26-27-13)25-8-2-1-5-24-7-8/h3-4,6,8,24H,1-2,5,7H2,(H,25,26)(H,28,29,30). The molecule has 1 aromatic carbocycles. The minimum atomic E-state index is -4.81. The third-order valence-electron chi connectivity index (χ3n) is 4.78. The molecular formula is C17H15F6N7. The van der Waals surface area contributed by atoms with Gasteiger partial charge in [-0.15, -0.1) is 10.2 Å². The molecule has 0 amide bonds. The van der Waals surface area contributed by atoms with Crippen molar-refractivity contribution in [2.45, 2.75) is 31.2 Å². The average molecular weight is 431 g/mol. The molecule has 1 atom stereocenters. The molecule has 3 N–H and O–H groups in total. The van der Waals surface area contributed by atoms with Crippen molar-refractivity contribution in [2.75, 3.05) is 18.4 Å². The Labute approximate surface area is 165 Å². The van der Waals surface area contributed by atoms with Crippen LogP contribution in [0.2, 0.25) is 0 Å². The molecule has 0 bridgehead atoms. The van der Waals surface area contributed by atoms with Crippen LogP contribution in [0.25, 0.3) is 22.3 Å². The lowest BCUT2D eigenvalue weighted by Crippen LogP contribution is -2.38. The minimum Gasteiger partial charge on any atom is -0.365 e. The lowest BCUT2D eigenvalue weighted by molar-refractivity contribution is -0.138. The first kappa shape index (κ1) is 20.3. The number of nitrogens with zero attached hydrogens (tertiary/aromatic N) is 4. The van der Waals surface area contributed by atoms with Gasteiger partial charge in [0.2, 0.25) is 0 Å². The number of alkyl halides is 6. The van der Waals surface area contributed by atoms with Crippen LogP contribution in [-0.4, -0.2) is 44.7 Å². The first-order valence-corrected chi connectivity index (χ1v) is 8.98. The van der Waals surface area contributed by atoms with Gasteiger partial charge in [-0.05, 0) is 37.6 Å². The first-order chi connectivity index (χ1) is 14.1. The number of rotatable bonds is 3. The maximum Gasteiger partial charge on any atom is 0.418 e. The predicted octanol–water partition coefficient (Wildman–Crippen LogP) is 3.62. The highest BCUT2D eigenvalue weighted by Gasteiger charge is 2.38. The van der Waals surface area contributed by atoms with Crippen LogP contribution in [-0.2, 0) is 12.4 Å². The van der Waals surface area contributed by atoms with Gasteiger partial charge in [0, 0.05) is 18.2 Å². The zero-order valence-corrected chi connectivity index (χ0v) is 15.2. The average Bonchev–Trinajstić information content (AvgIpc) is 3.16. The van der Waals surface area contributed by atoms with Crippen molar-refractivity contribution in [3.8, 4) is 11.3 Å². The Morgan fingerprint density at radius 2 is 1.67 bits per heavy atom. The Bertz CT molecular complexity index is 1050. The van der Waals surface area contributed by atoms with Crippen LogP contribution < -0.4 is 10.6 Å². The van der Waals surface area contributed by atoms with Gasteiger partial charge >= 0.3 is 12.4 Å². The number of nitrogens with one attached hydrogen (secondary N) is 3. The van der Waals surface area contributed by atoms with E-state index < -0.39 is 34.7 Å². The summed E-state index contributed by atoms with van der Waals surface area (Å²) in [6.45, 7) is 1.40. The highest BCUT2D eigenvalue weighted by atomic mass is 19.4. The molecule has 0 spiro atoms. The lowest BCUT2D eigenvalue weighted by Gasteiger charge is -2.24. The van der Waals surface area contributed by atoms with E-state index in [1.54, 1.807) is 0 Å². The van der Waals surface area contributed by atoms with Gasteiger partial charge < -0.3 is 10.6 Å². The van der Waals surface area contributed by atoms with Crippen molar-refractivity contribution in [1.82, 2.24) is 30.9 Å². The van der Waals surface area contributed by atoms with E-state index in [1.807, 2.05) is 5.21 Å². The van der Waals surface area contributed by atoms with Crippen LogP contribution >= 0.6 is 0 Å². The lowest BCUT2D eigenvalue weighted by atomic mass is 10.0. The summed E-state index contributed by atoms with van der Waals surface area (Å²) in [6, 6.07) is 2.25. The number of hydrogen-bond donors (Lipinski definition) is 3. The normalized spacial score (nSPS) is 18.0. The van der Waals surface area contributed by atoms with Crippen LogP contribution in [0.1, 0.15) is 24.0 Å². The molecular weight excluding hydrogens is 416 g/mol. The van der Waals surface area contributed by atoms with E-state index in [9.17, 15) is 26.3 Å². The topological polar surface area (TPSA) is 91.4 Å². The molecule has 0 radical (unpaired) electrons. The fourth-order valence-electron chi connectivity index (χ4n) is 3.41. The molecule has 4 rings (SSSR count). The van der Waals surface area contributed by atoms with Crippen LogP contribution in [0.3, 0.4) is 0 Å². The second-order valence-electron chi connectivity index (χ2n) is 6.86. The second-order valence-corrected chi connectivity index (χ2v) is 6.86. The molecule has 1 unspecified atom stereocenters. The SMILES string of the molecule is FC(F)(F)c1cc(NC2CCCNC2)nnc1-c1ccc(C(F)(F)F)c2n[nH]nc12. The van der Waals surface area contributed by atoms with Gasteiger partial charge in [0.25, 0.3) is 0 Å². The van der Waals surface area contributed by atoms with Crippen molar-refractivity contribution in [1.29, 1.82) is 0 Å². The molecule has 7 nitrogen and oxygen atoms in total. The molecule has 1 fully saturated rings. The predicted molar refractivity (Wildman–Crippen MR) is 94.4 cm³/mol. The van der Waals surface area contributed by atoms with Crippen molar-refractivity contribution >= 4 is 16.9 Å². The number of piperidine rings is 1. The molecule has 2 aromatic heterocycles. The maximum absolute atomic E-state index is 13.8. The fourth-order valence-corrected chi connectivity index (χ4v) is 3.41. The van der Waals surface area contributed by atoms with Crippen LogP contribution in [0.4, 0.5) is 32.2 Å². The molecule has 3 aromatic rings. The van der Waals surface area contributed by atoms with Gasteiger partial charge in [-0.1, -0.05) is 0 Å². The Balaban J connectivity index is 1.80. The van der Waals surface area contributed by atoms with Crippen LogP contribution in [0, 0.1) is 0 Å². The molecule has 0 saturated carbocycles. The van der Waals surface area contributed by atoms with Crippen LogP contribution in [0.15, 0.2) is 18.2 Å². The van der Waals surface area contributed by atoms with E-state index in [4.69, 9.17) is 0 Å². The maximum atomic E-state index is 13.8. The van der Waals surface area contributed by atoms with Gasteiger partial charge in [-0.25, -0.2) is 0 Å². The molecule has 30 heavy (non-hydrogen) atoms. The summed E-state index contributed by atoms with van der Waals surface area (Å²) < 4.78 is 80.8. The van der Waals surface area contributed by atoms with E-state index in [1.165, 1.54) is 0 Å². The third kappa shape index (κ3) is 3.88. The van der Waals surface area contributed by atoms with Crippen molar-refractivity contribution in [3.63, 3.8) is 0 Å². The van der Waals surface area contributed by atoms with Gasteiger partial charge in [0.1, 0.15) is 22.5 Å². The van der Waals surface area contributed by atoms with E-state index in [2.05, 4.69) is 31.0 Å². The molecule has 160 valence electrons. The summed E-state index contributed by atoms with van der Waals surface area (Å²) in [5, 5.41) is 22.6. The number of anilines is 1. The highest BCUT2D eigenvalue weighted by Crippen LogP contribution is 2.41. The van der Waals surface area contributed by atoms with Gasteiger partial charge in [0.05, 0.1) is 11.1 Å². The zero-order valence-electron chi connectivity index (χ0n) is 15.2. The fraction of sp³-hybridized carbons (Fsp3) is 0.412. The number of aromatic amines is 1. The number of hydrogen-bond acceptors (Lipinski definition) is 6. The number of benzene rings is 1. The van der Waals surface area contributed by atoms with Crippen molar-refractivity contribution in [3.05, 3.63) is 29.3 Å². The number of fused-ring (bicyclic) bond motifs is 1. The van der Waals surface area contributed by atoms with Crippen molar-refractivity contribution < 1.29 is 26.3 Å². The number of H-pyrrole nitrogens is 1. The Morgan fingerprint density at radius 1 is 0.933 bits per heavy atom. The van der Waals surface area contributed by atoms with Gasteiger partial charge in [-0.2, -0.15) is 41.8 Å². The molecule has 3 heterocycles. The first-order valence-electron chi connectivity index (χ1n) is 8.98. The van der Waals surface area contributed by atoms with E-state index in [-0.39, 0.29) is 22.9 Å². The summed E-state index contributed by atoms with van der Waals surface area (Å²) >= 11 is 0. The second kappa shape index (κ2) is 7.38. The summed E-state index contributed by atoms with van der Waals surface area (Å²) in [4.78, 5) is 0. The monoisotopic (exact) mass is 431 g/mol. The third-order valence-corrected chi connectivity index (χ3v) is 4.78. The molecule has 1 aliphatic heterocycles. The van der Waals surface area contributed by atoms with Crippen LogP contribution in [0.5, 0.6) is 0 Å². The summed E-state index contributed by atoms with van der Waals surface area (Å²) in [6.07, 6.45) is -7.93. The van der Waals surface area contributed by atoms with Gasteiger partial charge in [0.15, 0.2) is 0 Å². The minimum absolute atomic E-state index is 0.0666. The molecule has 1 saturated heterocycles. The van der Waals surface area contributed by atoms with E-state index >= 15 is 0 Å². The Kier molecular flexibility index (Phi) is 5.00. The van der Waals surface area contributed by atoms with Gasteiger partial charge in [-0.3, -0.25) is 0 Å². The quantitative estimate of drug-likeness (QED) is 0.549. The molecule has 1 aliphatic rings. The Hall–Kier alpha value is -2.96. The molecule has 0 aliphatic carbocycles. The van der Waals surface area contributed by atoms with E-state index in [0.717, 1.165) is 31.5 Å². The molecule has 13 heteroatoms.